The standard InChI is InChI=1S/C15H26N4O2/c1-3-5-12(19-9-7-16-8-10-19)13-17-14(21-18-13)15(2)6-4-11-20-15/h12,16H,3-11H2,1-2H3. The maximum atomic E-state index is 5.81. The number of nitrogens with one attached hydrogen (secondary N) is 1. The van der Waals surface area contributed by atoms with E-state index in [1.165, 1.54) is 0 Å². The Labute approximate surface area is 126 Å². The first kappa shape index (κ1) is 14.9. The lowest BCUT2D eigenvalue weighted by molar-refractivity contribution is -0.00937. The maximum absolute atomic E-state index is 5.81. The monoisotopic (exact) mass is 294 g/mol. The third kappa shape index (κ3) is 3.12. The van der Waals surface area contributed by atoms with Crippen LogP contribution < -0.4 is 5.32 Å². The van der Waals surface area contributed by atoms with Gasteiger partial charge in [-0.3, -0.25) is 4.90 Å². The highest BCUT2D eigenvalue weighted by Gasteiger charge is 2.38. The quantitative estimate of drug-likeness (QED) is 0.894. The van der Waals surface area contributed by atoms with Crippen molar-refractivity contribution in [2.75, 3.05) is 32.8 Å². The zero-order chi connectivity index (χ0) is 14.7. The van der Waals surface area contributed by atoms with Crippen LogP contribution in [-0.2, 0) is 10.3 Å². The van der Waals surface area contributed by atoms with Crippen molar-refractivity contribution in [2.24, 2.45) is 0 Å². The lowest BCUT2D eigenvalue weighted by Gasteiger charge is -2.33. The van der Waals surface area contributed by atoms with Crippen molar-refractivity contribution in [3.05, 3.63) is 11.7 Å². The van der Waals surface area contributed by atoms with Crippen LogP contribution in [0, 0.1) is 0 Å². The summed E-state index contributed by atoms with van der Waals surface area (Å²) in [7, 11) is 0. The molecule has 2 unspecified atom stereocenters. The van der Waals surface area contributed by atoms with Gasteiger partial charge in [0, 0.05) is 32.8 Å². The molecular weight excluding hydrogens is 268 g/mol. The van der Waals surface area contributed by atoms with E-state index < -0.39 is 0 Å². The molecule has 0 spiro atoms. The molecule has 1 aromatic heterocycles. The van der Waals surface area contributed by atoms with Gasteiger partial charge in [0.15, 0.2) is 5.82 Å². The minimum Gasteiger partial charge on any atom is -0.365 e. The Morgan fingerprint density at radius 1 is 1.38 bits per heavy atom. The molecular formula is C15H26N4O2. The van der Waals surface area contributed by atoms with Crippen LogP contribution in [0.15, 0.2) is 4.52 Å². The zero-order valence-corrected chi connectivity index (χ0v) is 13.1. The highest BCUT2D eigenvalue weighted by atomic mass is 16.5. The van der Waals surface area contributed by atoms with E-state index >= 15 is 0 Å². The summed E-state index contributed by atoms with van der Waals surface area (Å²) in [6.07, 6.45) is 4.20. The number of nitrogens with zero attached hydrogens (tertiary/aromatic N) is 3. The first-order valence-corrected chi connectivity index (χ1v) is 8.16. The highest BCUT2D eigenvalue weighted by molar-refractivity contribution is 5.03. The first-order valence-electron chi connectivity index (χ1n) is 8.16. The van der Waals surface area contributed by atoms with Crippen molar-refractivity contribution >= 4 is 0 Å². The Hall–Kier alpha value is -0.980. The van der Waals surface area contributed by atoms with Crippen molar-refractivity contribution in [3.63, 3.8) is 0 Å². The molecule has 2 fully saturated rings. The summed E-state index contributed by atoms with van der Waals surface area (Å²) in [6.45, 7) is 9.20. The summed E-state index contributed by atoms with van der Waals surface area (Å²) in [6, 6.07) is 0.264. The van der Waals surface area contributed by atoms with E-state index in [0.29, 0.717) is 5.89 Å². The van der Waals surface area contributed by atoms with Gasteiger partial charge in [0.25, 0.3) is 5.89 Å². The Morgan fingerprint density at radius 3 is 2.86 bits per heavy atom. The molecule has 0 amide bonds. The molecule has 0 bridgehead atoms. The van der Waals surface area contributed by atoms with Crippen molar-refractivity contribution in [3.8, 4) is 0 Å². The minimum atomic E-state index is -0.383. The van der Waals surface area contributed by atoms with Gasteiger partial charge < -0.3 is 14.6 Å². The molecule has 3 heterocycles. The van der Waals surface area contributed by atoms with E-state index in [4.69, 9.17) is 14.2 Å². The molecule has 2 atom stereocenters. The molecule has 118 valence electrons. The topological polar surface area (TPSA) is 63.4 Å². The number of aromatic nitrogens is 2. The van der Waals surface area contributed by atoms with Gasteiger partial charge in [-0.05, 0) is 26.2 Å². The van der Waals surface area contributed by atoms with Crippen LogP contribution in [0.4, 0.5) is 0 Å². The predicted octanol–water partition coefficient (Wildman–Crippen LogP) is 1.84. The van der Waals surface area contributed by atoms with Crippen LogP contribution in [0.1, 0.15) is 57.3 Å². The second-order valence-corrected chi connectivity index (χ2v) is 6.23. The summed E-state index contributed by atoms with van der Waals surface area (Å²) >= 11 is 0. The molecule has 1 aromatic rings. The maximum Gasteiger partial charge on any atom is 0.258 e. The first-order chi connectivity index (χ1) is 10.2. The molecule has 2 aliphatic heterocycles. The third-order valence-electron chi connectivity index (χ3n) is 4.57. The summed E-state index contributed by atoms with van der Waals surface area (Å²) in [5, 5.41) is 7.67. The van der Waals surface area contributed by atoms with E-state index in [9.17, 15) is 0 Å². The van der Waals surface area contributed by atoms with Gasteiger partial charge >= 0.3 is 0 Å². The average Bonchev–Trinajstić information content (AvgIpc) is 3.16. The smallest absolute Gasteiger partial charge is 0.258 e. The molecule has 21 heavy (non-hydrogen) atoms. The molecule has 3 rings (SSSR count). The number of rotatable bonds is 5. The van der Waals surface area contributed by atoms with E-state index in [0.717, 1.165) is 64.3 Å². The average molecular weight is 294 g/mol. The fourth-order valence-electron chi connectivity index (χ4n) is 3.28. The van der Waals surface area contributed by atoms with Gasteiger partial charge in [-0.25, -0.2) is 0 Å². The SMILES string of the molecule is CCCC(c1noc(C2(C)CCCO2)n1)N1CCNCC1. The van der Waals surface area contributed by atoms with Gasteiger partial charge in [-0.1, -0.05) is 18.5 Å². The normalized spacial score (nSPS) is 28.9. The van der Waals surface area contributed by atoms with Crippen LogP contribution in [-0.4, -0.2) is 47.8 Å². The molecule has 1 N–H and O–H groups in total. The summed E-state index contributed by atoms with van der Waals surface area (Å²) in [5.41, 5.74) is -0.383. The van der Waals surface area contributed by atoms with Gasteiger partial charge in [0.05, 0.1) is 6.04 Å². The lowest BCUT2D eigenvalue weighted by atomic mass is 10.0. The second-order valence-electron chi connectivity index (χ2n) is 6.23. The molecule has 2 saturated heterocycles. The van der Waals surface area contributed by atoms with Crippen molar-refractivity contribution in [2.45, 2.75) is 51.2 Å². The Balaban J connectivity index is 1.77. The number of piperazine rings is 1. The zero-order valence-electron chi connectivity index (χ0n) is 13.1. The molecule has 0 aromatic carbocycles. The Bertz CT molecular complexity index is 450. The van der Waals surface area contributed by atoms with Gasteiger partial charge in [-0.2, -0.15) is 4.98 Å². The second kappa shape index (κ2) is 6.42. The van der Waals surface area contributed by atoms with Gasteiger partial charge in [-0.15, -0.1) is 0 Å². The van der Waals surface area contributed by atoms with Crippen molar-refractivity contribution in [1.82, 2.24) is 20.4 Å². The minimum absolute atomic E-state index is 0.264. The Morgan fingerprint density at radius 2 is 2.19 bits per heavy atom. The molecule has 0 aliphatic carbocycles. The lowest BCUT2D eigenvalue weighted by Crippen LogP contribution is -2.45. The van der Waals surface area contributed by atoms with Crippen LogP contribution in [0.25, 0.3) is 0 Å². The largest absolute Gasteiger partial charge is 0.365 e. The fraction of sp³-hybridized carbons (Fsp3) is 0.867. The number of hydrogen-bond acceptors (Lipinski definition) is 6. The van der Waals surface area contributed by atoms with E-state index in [1.54, 1.807) is 0 Å². The Kier molecular flexibility index (Phi) is 4.57. The van der Waals surface area contributed by atoms with Crippen LogP contribution in [0.5, 0.6) is 0 Å². The number of hydrogen-bond donors (Lipinski definition) is 1. The summed E-state index contributed by atoms with van der Waals surface area (Å²) in [4.78, 5) is 7.16. The predicted molar refractivity (Wildman–Crippen MR) is 78.9 cm³/mol. The summed E-state index contributed by atoms with van der Waals surface area (Å²) < 4.78 is 11.3. The van der Waals surface area contributed by atoms with Crippen molar-refractivity contribution < 1.29 is 9.26 Å². The molecule has 0 saturated carbocycles. The van der Waals surface area contributed by atoms with E-state index in [1.807, 2.05) is 0 Å². The molecule has 2 aliphatic rings. The fourth-order valence-corrected chi connectivity index (χ4v) is 3.28. The van der Waals surface area contributed by atoms with Crippen LogP contribution in [0.3, 0.4) is 0 Å². The molecule has 0 radical (unpaired) electrons. The van der Waals surface area contributed by atoms with E-state index in [-0.39, 0.29) is 11.6 Å². The highest BCUT2D eigenvalue weighted by Crippen LogP contribution is 2.35. The van der Waals surface area contributed by atoms with Gasteiger partial charge in [0.1, 0.15) is 5.60 Å². The third-order valence-corrected chi connectivity index (χ3v) is 4.57. The van der Waals surface area contributed by atoms with E-state index in [2.05, 4.69) is 29.2 Å². The summed E-state index contributed by atoms with van der Waals surface area (Å²) in [5.74, 6) is 1.47. The molecule has 6 nitrogen and oxygen atoms in total. The van der Waals surface area contributed by atoms with Gasteiger partial charge in [0.2, 0.25) is 0 Å². The van der Waals surface area contributed by atoms with Crippen LogP contribution >= 0.6 is 0 Å². The number of ether oxygens (including phenoxy) is 1. The molecule has 6 heteroatoms. The van der Waals surface area contributed by atoms with Crippen LogP contribution in [0.2, 0.25) is 0 Å². The van der Waals surface area contributed by atoms with Crippen molar-refractivity contribution in [1.29, 1.82) is 0 Å².